The maximum atomic E-state index is 11.9. The smallest absolute Gasteiger partial charge is 0.316 e. The van der Waals surface area contributed by atoms with Crippen molar-refractivity contribution in [3.63, 3.8) is 0 Å². The highest BCUT2D eigenvalue weighted by atomic mass is 32.2. The molecule has 220 valence electrons. The van der Waals surface area contributed by atoms with Crippen LogP contribution in [0.5, 0.6) is 17.2 Å². The van der Waals surface area contributed by atoms with E-state index >= 15 is 0 Å². The molecule has 9 heteroatoms. The normalized spacial score (nSPS) is 11.9. The van der Waals surface area contributed by atoms with E-state index < -0.39 is 21.3 Å². The average Bonchev–Trinajstić information content (AvgIpc) is 2.97. The summed E-state index contributed by atoms with van der Waals surface area (Å²) in [6.07, 6.45) is 2.90. The molecule has 4 aromatic rings. The monoisotopic (exact) mass is 606 g/mol. The Bertz CT molecular complexity index is 1500. The predicted octanol–water partition coefficient (Wildman–Crippen LogP) is 6.20. The fourth-order valence-corrected chi connectivity index (χ4v) is 5.69. The minimum atomic E-state index is -3.56. The molecule has 0 amide bonds. The van der Waals surface area contributed by atoms with Crippen LogP contribution in [-0.4, -0.2) is 43.4 Å². The quantitative estimate of drug-likeness (QED) is 0.151. The highest BCUT2D eigenvalue weighted by Crippen LogP contribution is 2.22. The molecule has 0 aliphatic carbocycles. The van der Waals surface area contributed by atoms with Crippen molar-refractivity contribution in [3.05, 3.63) is 125 Å². The summed E-state index contributed by atoms with van der Waals surface area (Å²) < 4.78 is 38.8. The first-order chi connectivity index (χ1) is 20.2. The van der Waals surface area contributed by atoms with Gasteiger partial charge in [-0.3, -0.25) is 4.79 Å². The summed E-state index contributed by atoms with van der Waals surface area (Å²) in [4.78, 5) is 11.9. The Morgan fingerprint density at radius 2 is 1.26 bits per heavy atom. The molecule has 1 N–H and O–H groups in total. The third kappa shape index (κ3) is 10.8. The summed E-state index contributed by atoms with van der Waals surface area (Å²) in [5.41, 5.74) is 4.31. The van der Waals surface area contributed by atoms with E-state index in [-0.39, 0.29) is 5.75 Å². The molecule has 0 fully saturated rings. The lowest BCUT2D eigenvalue weighted by molar-refractivity contribution is -0.136. The van der Waals surface area contributed by atoms with Crippen molar-refractivity contribution in [2.45, 2.75) is 31.1 Å². The predicted molar refractivity (Wildman–Crippen MR) is 166 cm³/mol. The molecule has 0 spiro atoms. The Morgan fingerprint density at radius 1 is 0.714 bits per heavy atom. The first-order valence-electron chi connectivity index (χ1n) is 13.5. The molecule has 0 bridgehead atoms. The first-order valence-corrected chi connectivity index (χ1v) is 16.4. The van der Waals surface area contributed by atoms with Gasteiger partial charge < -0.3 is 18.8 Å². The van der Waals surface area contributed by atoms with Crippen molar-refractivity contribution in [1.82, 2.24) is 0 Å². The zero-order valence-corrected chi connectivity index (χ0v) is 25.0. The molecule has 42 heavy (non-hydrogen) atoms. The second-order valence-corrected chi connectivity index (χ2v) is 12.6. The van der Waals surface area contributed by atoms with Crippen LogP contribution >= 0.6 is 11.8 Å². The van der Waals surface area contributed by atoms with Gasteiger partial charge in [0.05, 0.1) is 12.9 Å². The van der Waals surface area contributed by atoms with Crippen molar-refractivity contribution in [2.24, 2.45) is 0 Å². The van der Waals surface area contributed by atoms with E-state index in [1.165, 1.54) is 11.8 Å². The summed E-state index contributed by atoms with van der Waals surface area (Å²) in [5, 5.41) is 9.26. The molecule has 0 aromatic heterocycles. The zero-order chi connectivity index (χ0) is 29.8. The number of ether oxygens (including phenoxy) is 2. The van der Waals surface area contributed by atoms with Gasteiger partial charge in [-0.15, -0.1) is 11.8 Å². The van der Waals surface area contributed by atoms with E-state index in [4.69, 9.17) is 13.7 Å². The number of hydrogen-bond acceptors (Lipinski definition) is 7. The van der Waals surface area contributed by atoms with Gasteiger partial charge in [0.1, 0.15) is 29.1 Å². The van der Waals surface area contributed by atoms with Gasteiger partial charge in [-0.2, -0.15) is 8.42 Å². The van der Waals surface area contributed by atoms with Gasteiger partial charge in [-0.1, -0.05) is 66.7 Å². The number of rotatable bonds is 16. The Hall–Kier alpha value is -3.95. The first kappa shape index (κ1) is 31.0. The Kier molecular flexibility index (Phi) is 11.3. The third-order valence-corrected chi connectivity index (χ3v) is 8.04. The second kappa shape index (κ2) is 15.3. The highest BCUT2D eigenvalue weighted by Gasteiger charge is 2.18. The molecule has 4 rings (SSSR count). The van der Waals surface area contributed by atoms with Crippen LogP contribution in [0.4, 0.5) is 0 Å². The lowest BCUT2D eigenvalue weighted by atomic mass is 10.1. The summed E-state index contributed by atoms with van der Waals surface area (Å²) in [5.74, 6) is 1.55. The molecule has 0 radical (unpaired) electrons. The Morgan fingerprint density at radius 3 is 1.90 bits per heavy atom. The maximum Gasteiger partial charge on any atom is 0.316 e. The van der Waals surface area contributed by atoms with Gasteiger partial charge in [0.15, 0.2) is 0 Å². The van der Waals surface area contributed by atoms with Crippen molar-refractivity contribution < 1.29 is 32.0 Å². The van der Waals surface area contributed by atoms with Gasteiger partial charge in [0.2, 0.25) is 0 Å². The van der Waals surface area contributed by atoms with Crippen LogP contribution in [-0.2, 0) is 40.8 Å². The maximum absolute atomic E-state index is 11.9. The van der Waals surface area contributed by atoms with E-state index in [9.17, 15) is 18.3 Å². The van der Waals surface area contributed by atoms with E-state index in [0.29, 0.717) is 37.6 Å². The molecule has 0 aliphatic rings. The Labute approximate surface area is 251 Å². The van der Waals surface area contributed by atoms with Gasteiger partial charge in [0, 0.05) is 6.42 Å². The van der Waals surface area contributed by atoms with Crippen molar-refractivity contribution in [2.75, 3.05) is 18.6 Å². The van der Waals surface area contributed by atoms with Crippen LogP contribution in [0.3, 0.4) is 0 Å². The van der Waals surface area contributed by atoms with Crippen LogP contribution in [0.2, 0.25) is 0 Å². The molecule has 0 heterocycles. The van der Waals surface area contributed by atoms with Crippen LogP contribution in [0.25, 0.3) is 0 Å². The number of aryl methyl sites for hydroxylation is 1. The third-order valence-electron chi connectivity index (χ3n) is 6.33. The summed E-state index contributed by atoms with van der Waals surface area (Å²) in [6, 6.07) is 32.3. The van der Waals surface area contributed by atoms with Crippen molar-refractivity contribution >= 4 is 27.8 Å². The zero-order valence-electron chi connectivity index (χ0n) is 23.3. The summed E-state index contributed by atoms with van der Waals surface area (Å²) in [6.45, 7) is 0.964. The molecule has 0 saturated heterocycles. The minimum absolute atomic E-state index is 0.234. The fraction of sp³-hybridized carbons (Fsp3) is 0.242. The molecule has 1 atom stereocenters. The second-order valence-electron chi connectivity index (χ2n) is 9.74. The molecule has 4 aromatic carbocycles. The van der Waals surface area contributed by atoms with Crippen molar-refractivity contribution in [1.29, 1.82) is 0 Å². The molecule has 1 unspecified atom stereocenters. The summed E-state index contributed by atoms with van der Waals surface area (Å²) in [7, 11) is -3.56. The number of benzene rings is 4. The molecular weight excluding hydrogens is 572 g/mol. The standard InChI is InChI=1S/C33H34O7S2/c1-42(36,37)40-31-17-15-29(16-18-31)38-21-19-25-7-9-27(10-8-25)23-32(33(34)35)41-22-20-26-11-13-30(14-12-26)39-24-28-5-3-2-4-6-28/h2-18,32H,19-24H2,1H3,(H,34,35). The van der Waals surface area contributed by atoms with Crippen LogP contribution < -0.4 is 13.7 Å². The molecule has 0 saturated carbocycles. The van der Waals surface area contributed by atoms with Gasteiger partial charge >= 0.3 is 16.1 Å². The fourth-order valence-electron chi connectivity index (χ4n) is 4.14. The van der Waals surface area contributed by atoms with E-state index in [1.807, 2.05) is 78.9 Å². The van der Waals surface area contributed by atoms with Crippen molar-refractivity contribution in [3.8, 4) is 17.2 Å². The number of carbonyl (C=O) groups is 1. The van der Waals surface area contributed by atoms with Gasteiger partial charge in [0.25, 0.3) is 0 Å². The molecule has 7 nitrogen and oxygen atoms in total. The Balaban J connectivity index is 1.18. The number of carboxylic acids is 1. The van der Waals surface area contributed by atoms with E-state index in [2.05, 4.69) is 0 Å². The van der Waals surface area contributed by atoms with Gasteiger partial charge in [-0.25, -0.2) is 0 Å². The van der Waals surface area contributed by atoms with Gasteiger partial charge in [-0.05, 0) is 77.2 Å². The largest absolute Gasteiger partial charge is 0.493 e. The van der Waals surface area contributed by atoms with Crippen LogP contribution in [0.15, 0.2) is 103 Å². The van der Waals surface area contributed by atoms with Crippen LogP contribution in [0, 0.1) is 0 Å². The van der Waals surface area contributed by atoms with E-state index in [0.717, 1.165) is 40.7 Å². The molecular formula is C33H34O7S2. The van der Waals surface area contributed by atoms with E-state index in [1.54, 1.807) is 24.3 Å². The lowest BCUT2D eigenvalue weighted by Gasteiger charge is -2.13. The number of carboxylic acid groups (broad SMARTS) is 1. The van der Waals surface area contributed by atoms with Crippen LogP contribution in [0.1, 0.15) is 22.3 Å². The summed E-state index contributed by atoms with van der Waals surface area (Å²) >= 11 is 1.46. The number of aliphatic carboxylic acids is 1. The average molecular weight is 607 g/mol. The topological polar surface area (TPSA) is 99.1 Å². The lowest BCUT2D eigenvalue weighted by Crippen LogP contribution is -2.20. The minimum Gasteiger partial charge on any atom is -0.493 e. The number of hydrogen-bond donors (Lipinski definition) is 1. The number of thioether (sulfide) groups is 1. The SMILES string of the molecule is CS(=O)(=O)Oc1ccc(OCCc2ccc(CC(SCCc3ccc(OCc4ccccc4)cc3)C(=O)O)cc2)cc1. The highest BCUT2D eigenvalue weighted by molar-refractivity contribution is 8.00. The molecule has 0 aliphatic heterocycles.